The number of aliphatic imine (C=N–C) groups is 1. The highest BCUT2D eigenvalue weighted by molar-refractivity contribution is 5.94. The highest BCUT2D eigenvalue weighted by Crippen LogP contribution is 2.29. The SMILES string of the molecule is COc1cc(OC)cc(C(C)CC(=O)c2cc(CCC3=NCCN3)ccn2)c1. The largest absolute Gasteiger partial charge is 0.497 e. The first kappa shape index (κ1) is 19.9. The molecule has 2 aromatic rings. The Morgan fingerprint density at radius 3 is 2.54 bits per heavy atom. The van der Waals surface area contributed by atoms with Crippen LogP contribution < -0.4 is 14.8 Å². The molecule has 0 aliphatic carbocycles. The van der Waals surface area contributed by atoms with Crippen molar-refractivity contribution in [1.29, 1.82) is 0 Å². The molecular weight excluding hydrogens is 354 g/mol. The van der Waals surface area contributed by atoms with Gasteiger partial charge < -0.3 is 14.8 Å². The maximum Gasteiger partial charge on any atom is 0.181 e. The molecule has 28 heavy (non-hydrogen) atoms. The quantitative estimate of drug-likeness (QED) is 0.674. The van der Waals surface area contributed by atoms with Crippen LogP contribution in [0.25, 0.3) is 0 Å². The number of hydrogen-bond acceptors (Lipinski definition) is 6. The van der Waals surface area contributed by atoms with E-state index in [0.717, 1.165) is 54.4 Å². The Morgan fingerprint density at radius 1 is 1.14 bits per heavy atom. The molecule has 2 heterocycles. The molecule has 0 radical (unpaired) electrons. The minimum absolute atomic E-state index is 0.0269. The molecule has 0 saturated heterocycles. The first-order valence-corrected chi connectivity index (χ1v) is 9.57. The molecule has 1 atom stereocenters. The summed E-state index contributed by atoms with van der Waals surface area (Å²) in [7, 11) is 3.24. The number of ketones is 1. The smallest absolute Gasteiger partial charge is 0.181 e. The van der Waals surface area contributed by atoms with Crippen molar-refractivity contribution in [2.45, 2.75) is 32.1 Å². The third kappa shape index (κ3) is 5.09. The zero-order valence-corrected chi connectivity index (χ0v) is 16.7. The van der Waals surface area contributed by atoms with Crippen LogP contribution in [0, 0.1) is 0 Å². The molecule has 148 valence electrons. The Kier molecular flexibility index (Phi) is 6.63. The normalized spacial score (nSPS) is 14.2. The van der Waals surface area contributed by atoms with Crippen molar-refractivity contribution in [1.82, 2.24) is 10.3 Å². The van der Waals surface area contributed by atoms with Gasteiger partial charge in [0.05, 0.1) is 26.6 Å². The van der Waals surface area contributed by atoms with Gasteiger partial charge in [-0.2, -0.15) is 0 Å². The highest BCUT2D eigenvalue weighted by Gasteiger charge is 2.16. The number of aryl methyl sites for hydroxylation is 1. The van der Waals surface area contributed by atoms with Crippen LogP contribution in [0.2, 0.25) is 0 Å². The lowest BCUT2D eigenvalue weighted by atomic mass is 9.93. The maximum atomic E-state index is 12.8. The summed E-state index contributed by atoms with van der Waals surface area (Å²) in [5.41, 5.74) is 2.62. The minimum Gasteiger partial charge on any atom is -0.497 e. The number of rotatable bonds is 9. The second kappa shape index (κ2) is 9.35. The molecule has 3 rings (SSSR count). The van der Waals surface area contributed by atoms with Crippen LogP contribution in [-0.4, -0.2) is 43.9 Å². The van der Waals surface area contributed by atoms with Gasteiger partial charge in [-0.05, 0) is 47.7 Å². The fraction of sp³-hybridized carbons (Fsp3) is 0.409. The van der Waals surface area contributed by atoms with Gasteiger partial charge in [0, 0.05) is 31.6 Å². The Labute approximate surface area is 166 Å². The highest BCUT2D eigenvalue weighted by atomic mass is 16.5. The van der Waals surface area contributed by atoms with Crippen LogP contribution in [0.4, 0.5) is 0 Å². The summed E-state index contributed by atoms with van der Waals surface area (Å²) in [5, 5.41) is 3.27. The van der Waals surface area contributed by atoms with Crippen LogP contribution >= 0.6 is 0 Å². The predicted octanol–water partition coefficient (Wildman–Crippen LogP) is 3.41. The number of nitrogens with one attached hydrogen (secondary N) is 1. The third-order valence-electron chi connectivity index (χ3n) is 4.94. The van der Waals surface area contributed by atoms with E-state index in [-0.39, 0.29) is 11.7 Å². The number of nitrogens with zero attached hydrogens (tertiary/aromatic N) is 2. The lowest BCUT2D eigenvalue weighted by Crippen LogP contribution is -2.18. The predicted molar refractivity (Wildman–Crippen MR) is 110 cm³/mol. The summed E-state index contributed by atoms with van der Waals surface area (Å²) in [6.45, 7) is 3.80. The van der Waals surface area contributed by atoms with Crippen molar-refractivity contribution in [2.75, 3.05) is 27.3 Å². The molecule has 0 amide bonds. The first-order valence-electron chi connectivity index (χ1n) is 9.57. The van der Waals surface area contributed by atoms with E-state index < -0.39 is 0 Å². The van der Waals surface area contributed by atoms with E-state index in [1.807, 2.05) is 37.3 Å². The number of carbonyl (C=O) groups is 1. The van der Waals surface area contributed by atoms with E-state index in [4.69, 9.17) is 9.47 Å². The lowest BCUT2D eigenvalue weighted by Gasteiger charge is -2.14. The number of Topliss-reactive ketones (excluding diaryl/α,β-unsaturated/α-hetero) is 1. The molecule has 1 aliphatic rings. The van der Waals surface area contributed by atoms with Gasteiger partial charge in [0.15, 0.2) is 5.78 Å². The average Bonchev–Trinajstić information content (AvgIpc) is 3.25. The summed E-state index contributed by atoms with van der Waals surface area (Å²) >= 11 is 0. The number of ether oxygens (including phenoxy) is 2. The second-order valence-electron chi connectivity index (χ2n) is 6.98. The summed E-state index contributed by atoms with van der Waals surface area (Å²) in [6, 6.07) is 9.57. The van der Waals surface area contributed by atoms with Crippen molar-refractivity contribution in [3.05, 3.63) is 53.3 Å². The van der Waals surface area contributed by atoms with Crippen LogP contribution in [0.3, 0.4) is 0 Å². The Morgan fingerprint density at radius 2 is 1.89 bits per heavy atom. The van der Waals surface area contributed by atoms with Gasteiger partial charge in [-0.3, -0.25) is 14.8 Å². The Bertz CT molecular complexity index is 842. The molecule has 6 heteroatoms. The molecule has 0 fully saturated rings. The van der Waals surface area contributed by atoms with Crippen LogP contribution in [0.1, 0.15) is 47.3 Å². The van der Waals surface area contributed by atoms with Crippen molar-refractivity contribution in [2.24, 2.45) is 4.99 Å². The van der Waals surface area contributed by atoms with E-state index >= 15 is 0 Å². The van der Waals surface area contributed by atoms with Crippen molar-refractivity contribution >= 4 is 11.6 Å². The van der Waals surface area contributed by atoms with Crippen LogP contribution in [0.5, 0.6) is 11.5 Å². The number of pyridine rings is 1. The van der Waals surface area contributed by atoms with Crippen molar-refractivity contribution in [3.8, 4) is 11.5 Å². The molecule has 0 bridgehead atoms. The number of hydrogen-bond donors (Lipinski definition) is 1. The first-order chi connectivity index (χ1) is 13.6. The number of benzene rings is 1. The van der Waals surface area contributed by atoms with Gasteiger partial charge in [0.2, 0.25) is 0 Å². The summed E-state index contributed by atoms with van der Waals surface area (Å²) in [4.78, 5) is 21.5. The molecular formula is C22H27N3O3. The molecule has 1 aromatic carbocycles. The molecule has 0 saturated carbocycles. The Hall–Kier alpha value is -2.89. The van der Waals surface area contributed by atoms with Crippen molar-refractivity contribution < 1.29 is 14.3 Å². The number of carbonyl (C=O) groups excluding carboxylic acids is 1. The minimum atomic E-state index is 0.0269. The van der Waals surface area contributed by atoms with Crippen LogP contribution in [0.15, 0.2) is 41.5 Å². The van der Waals surface area contributed by atoms with E-state index in [2.05, 4.69) is 15.3 Å². The average molecular weight is 381 g/mol. The van der Waals surface area contributed by atoms with Gasteiger partial charge in [-0.1, -0.05) is 6.92 Å². The van der Waals surface area contributed by atoms with Gasteiger partial charge >= 0.3 is 0 Å². The lowest BCUT2D eigenvalue weighted by molar-refractivity contribution is 0.0970. The van der Waals surface area contributed by atoms with E-state index in [0.29, 0.717) is 12.1 Å². The fourth-order valence-corrected chi connectivity index (χ4v) is 3.27. The summed E-state index contributed by atoms with van der Waals surface area (Å²) in [6.07, 6.45) is 3.79. The molecule has 1 aliphatic heterocycles. The summed E-state index contributed by atoms with van der Waals surface area (Å²) < 4.78 is 10.7. The zero-order chi connectivity index (χ0) is 19.9. The van der Waals surface area contributed by atoms with Gasteiger partial charge in [-0.25, -0.2) is 0 Å². The Balaban J connectivity index is 1.66. The topological polar surface area (TPSA) is 72.8 Å². The zero-order valence-electron chi connectivity index (χ0n) is 16.7. The number of aromatic nitrogens is 1. The summed E-state index contributed by atoms with van der Waals surface area (Å²) in [5.74, 6) is 2.55. The van der Waals surface area contributed by atoms with Gasteiger partial charge in [0.25, 0.3) is 0 Å². The molecule has 1 unspecified atom stereocenters. The van der Waals surface area contributed by atoms with Crippen LogP contribution in [-0.2, 0) is 6.42 Å². The molecule has 1 N–H and O–H groups in total. The van der Waals surface area contributed by atoms with Gasteiger partial charge in [-0.15, -0.1) is 0 Å². The van der Waals surface area contributed by atoms with E-state index in [9.17, 15) is 4.79 Å². The molecule has 0 spiro atoms. The second-order valence-corrected chi connectivity index (χ2v) is 6.98. The molecule has 6 nitrogen and oxygen atoms in total. The van der Waals surface area contributed by atoms with Crippen molar-refractivity contribution in [3.63, 3.8) is 0 Å². The third-order valence-corrected chi connectivity index (χ3v) is 4.94. The fourth-order valence-electron chi connectivity index (χ4n) is 3.27. The molecule has 1 aromatic heterocycles. The maximum absolute atomic E-state index is 12.8. The number of methoxy groups -OCH3 is 2. The number of amidine groups is 1. The van der Waals surface area contributed by atoms with E-state index in [1.165, 1.54) is 0 Å². The standard InChI is InChI=1S/C22H27N3O3/c1-15(17-12-18(27-2)14-19(13-17)28-3)10-21(26)20-11-16(6-7-23-20)4-5-22-24-8-9-25-22/h6-7,11-15H,4-5,8-10H2,1-3H3,(H,24,25). The van der Waals surface area contributed by atoms with E-state index in [1.54, 1.807) is 20.4 Å². The van der Waals surface area contributed by atoms with Gasteiger partial charge in [0.1, 0.15) is 17.2 Å². The monoisotopic (exact) mass is 381 g/mol.